The third-order valence-corrected chi connectivity index (χ3v) is 7.34. The molecule has 0 saturated carbocycles. The highest BCUT2D eigenvalue weighted by atomic mass is 32.2. The minimum atomic E-state index is -0.858. The number of amides is 1. The molecule has 180 valence electrons. The van der Waals surface area contributed by atoms with Crippen LogP contribution in [0.15, 0.2) is 48.5 Å². The summed E-state index contributed by atoms with van der Waals surface area (Å²) in [5.74, 6) is -1.30. The van der Waals surface area contributed by atoms with E-state index < -0.39 is 11.9 Å². The Morgan fingerprint density at radius 3 is 2.41 bits per heavy atom. The number of nitriles is 1. The van der Waals surface area contributed by atoms with Crippen LogP contribution in [0.1, 0.15) is 37.8 Å². The van der Waals surface area contributed by atoms with Gasteiger partial charge in [-0.25, -0.2) is 0 Å². The van der Waals surface area contributed by atoms with Gasteiger partial charge in [-0.3, -0.25) is 9.59 Å². The summed E-state index contributed by atoms with van der Waals surface area (Å²) in [5.41, 5.74) is 9.95. The monoisotopic (exact) mass is 480 g/mol. The van der Waals surface area contributed by atoms with Crippen LogP contribution in [0.2, 0.25) is 0 Å². The van der Waals surface area contributed by atoms with Gasteiger partial charge in [0.15, 0.2) is 0 Å². The van der Waals surface area contributed by atoms with Crippen LogP contribution in [0, 0.1) is 17.2 Å². The summed E-state index contributed by atoms with van der Waals surface area (Å²) < 4.78 is 5.00. The number of nitrogen functional groups attached to an aromatic ring is 1. The van der Waals surface area contributed by atoms with E-state index in [0.717, 1.165) is 17.8 Å². The lowest BCUT2D eigenvalue weighted by Gasteiger charge is -2.23. The molecule has 0 spiro atoms. The number of carbonyl (C=O) groups is 2. The SMILES string of the molecule is CCOC(=O)C(C#N)CC1SC(CCNc2ccc(Cc3ccc(N)cc3)cc2)C(=O)N1CC. The molecule has 0 radical (unpaired) electrons. The van der Waals surface area contributed by atoms with E-state index >= 15 is 0 Å². The van der Waals surface area contributed by atoms with E-state index in [4.69, 9.17) is 10.5 Å². The number of nitrogens with zero attached hydrogens (tertiary/aromatic N) is 2. The standard InChI is InChI=1S/C26H32N4O3S/c1-3-30-24(16-20(17-27)26(32)33-4-2)34-23(25(30)31)13-14-29-22-11-7-19(8-12-22)15-18-5-9-21(28)10-6-18/h5-12,20,23-24,29H,3-4,13-16,28H2,1-2H3. The molecule has 3 N–H and O–H groups in total. The fraction of sp³-hybridized carbons (Fsp3) is 0.423. The molecule has 3 unspecified atom stereocenters. The normalized spacial score (nSPS) is 18.4. The molecule has 1 amide bonds. The van der Waals surface area contributed by atoms with E-state index in [0.29, 0.717) is 25.9 Å². The lowest BCUT2D eigenvalue weighted by molar-refractivity contribution is -0.146. The maximum Gasteiger partial charge on any atom is 0.323 e. The van der Waals surface area contributed by atoms with Crippen molar-refractivity contribution in [2.75, 3.05) is 30.7 Å². The lowest BCUT2D eigenvalue weighted by Crippen LogP contribution is -2.36. The first-order valence-corrected chi connectivity index (χ1v) is 12.6. The first-order chi connectivity index (χ1) is 16.4. The number of hydrogen-bond donors (Lipinski definition) is 2. The lowest BCUT2D eigenvalue weighted by atomic mass is 10.0. The quantitative estimate of drug-likeness (QED) is 0.369. The summed E-state index contributed by atoms with van der Waals surface area (Å²) in [6, 6.07) is 18.2. The topological polar surface area (TPSA) is 108 Å². The van der Waals surface area contributed by atoms with E-state index in [1.807, 2.05) is 49.4 Å². The molecule has 0 bridgehead atoms. The number of benzene rings is 2. The zero-order valence-electron chi connectivity index (χ0n) is 19.7. The molecule has 3 atom stereocenters. The van der Waals surface area contributed by atoms with Gasteiger partial charge >= 0.3 is 5.97 Å². The Morgan fingerprint density at radius 2 is 1.82 bits per heavy atom. The van der Waals surface area contributed by atoms with Crippen LogP contribution in [-0.2, 0) is 20.7 Å². The highest BCUT2D eigenvalue weighted by Crippen LogP contribution is 2.37. The number of ether oxygens (including phenoxy) is 1. The zero-order valence-corrected chi connectivity index (χ0v) is 20.5. The zero-order chi connectivity index (χ0) is 24.5. The minimum absolute atomic E-state index is 0.0682. The number of nitrogens with one attached hydrogen (secondary N) is 1. The fourth-order valence-corrected chi connectivity index (χ4v) is 5.58. The molecule has 34 heavy (non-hydrogen) atoms. The Kier molecular flexibility index (Phi) is 9.23. The van der Waals surface area contributed by atoms with Crippen molar-refractivity contribution in [3.63, 3.8) is 0 Å². The van der Waals surface area contributed by atoms with Gasteiger partial charge in [0.1, 0.15) is 5.92 Å². The van der Waals surface area contributed by atoms with Crippen LogP contribution in [0.3, 0.4) is 0 Å². The third kappa shape index (κ3) is 6.67. The van der Waals surface area contributed by atoms with Gasteiger partial charge in [-0.05, 0) is 62.1 Å². The molecule has 8 heteroatoms. The Morgan fingerprint density at radius 1 is 1.18 bits per heavy atom. The summed E-state index contributed by atoms with van der Waals surface area (Å²) in [4.78, 5) is 26.6. The van der Waals surface area contributed by atoms with Crippen molar-refractivity contribution in [1.29, 1.82) is 5.26 Å². The maximum absolute atomic E-state index is 12.9. The number of carbonyl (C=O) groups excluding carboxylic acids is 2. The molecule has 1 heterocycles. The van der Waals surface area contributed by atoms with Crippen molar-refractivity contribution in [1.82, 2.24) is 4.90 Å². The maximum atomic E-state index is 12.9. The Bertz CT molecular complexity index is 1000. The second kappa shape index (κ2) is 12.3. The van der Waals surface area contributed by atoms with E-state index in [2.05, 4.69) is 17.4 Å². The Hall–Kier alpha value is -3.18. The third-order valence-electron chi connectivity index (χ3n) is 5.81. The van der Waals surface area contributed by atoms with Gasteiger partial charge in [0.05, 0.1) is 23.3 Å². The largest absolute Gasteiger partial charge is 0.465 e. The van der Waals surface area contributed by atoms with Crippen LogP contribution in [0.5, 0.6) is 0 Å². The van der Waals surface area contributed by atoms with Gasteiger partial charge in [-0.15, -0.1) is 11.8 Å². The molecule has 1 aliphatic rings. The highest BCUT2D eigenvalue weighted by molar-refractivity contribution is 8.01. The van der Waals surface area contributed by atoms with Gasteiger partial charge in [0, 0.05) is 30.9 Å². The van der Waals surface area contributed by atoms with Crippen LogP contribution in [-0.4, -0.2) is 47.1 Å². The smallest absolute Gasteiger partial charge is 0.323 e. The van der Waals surface area contributed by atoms with Crippen molar-refractivity contribution < 1.29 is 14.3 Å². The summed E-state index contributed by atoms with van der Waals surface area (Å²) in [6.45, 7) is 5.09. The number of rotatable bonds is 11. The molecule has 1 saturated heterocycles. The van der Waals surface area contributed by atoms with Crippen molar-refractivity contribution in [3.8, 4) is 6.07 Å². The minimum Gasteiger partial charge on any atom is -0.465 e. The number of anilines is 2. The Balaban J connectivity index is 1.50. The van der Waals surface area contributed by atoms with Crippen LogP contribution < -0.4 is 11.1 Å². The second-order valence-electron chi connectivity index (χ2n) is 8.20. The second-order valence-corrected chi connectivity index (χ2v) is 9.59. The van der Waals surface area contributed by atoms with Gasteiger partial charge in [0.2, 0.25) is 5.91 Å². The summed E-state index contributed by atoms with van der Waals surface area (Å²) in [5, 5.41) is 12.4. The number of esters is 1. The molecule has 0 aliphatic carbocycles. The van der Waals surface area contributed by atoms with E-state index in [-0.39, 0.29) is 23.1 Å². The molecule has 2 aromatic rings. The van der Waals surface area contributed by atoms with Gasteiger partial charge in [0.25, 0.3) is 0 Å². The predicted molar refractivity (Wildman–Crippen MR) is 136 cm³/mol. The van der Waals surface area contributed by atoms with Gasteiger partial charge in [-0.1, -0.05) is 24.3 Å². The summed E-state index contributed by atoms with van der Waals surface area (Å²) in [6.07, 6.45) is 1.80. The average Bonchev–Trinajstić information content (AvgIpc) is 3.14. The van der Waals surface area contributed by atoms with Crippen molar-refractivity contribution in [3.05, 3.63) is 59.7 Å². The summed E-state index contributed by atoms with van der Waals surface area (Å²) in [7, 11) is 0. The van der Waals surface area contributed by atoms with Crippen LogP contribution >= 0.6 is 11.8 Å². The van der Waals surface area contributed by atoms with Crippen molar-refractivity contribution >= 4 is 35.0 Å². The molecular weight excluding hydrogens is 448 g/mol. The number of nitrogens with two attached hydrogens (primary N) is 1. The molecule has 2 aromatic carbocycles. The van der Waals surface area contributed by atoms with Crippen molar-refractivity contribution in [2.45, 2.75) is 43.7 Å². The van der Waals surface area contributed by atoms with Gasteiger partial charge < -0.3 is 20.7 Å². The highest BCUT2D eigenvalue weighted by Gasteiger charge is 2.41. The average molecular weight is 481 g/mol. The van der Waals surface area contributed by atoms with E-state index in [9.17, 15) is 14.9 Å². The molecule has 7 nitrogen and oxygen atoms in total. The molecule has 0 aromatic heterocycles. The van der Waals surface area contributed by atoms with Crippen molar-refractivity contribution in [2.24, 2.45) is 5.92 Å². The van der Waals surface area contributed by atoms with E-state index in [1.165, 1.54) is 22.9 Å². The number of hydrogen-bond acceptors (Lipinski definition) is 7. The number of thioether (sulfide) groups is 1. The summed E-state index contributed by atoms with van der Waals surface area (Å²) >= 11 is 1.54. The van der Waals surface area contributed by atoms with E-state index in [1.54, 1.807) is 11.8 Å². The first-order valence-electron chi connectivity index (χ1n) is 11.6. The molecule has 3 rings (SSSR count). The first kappa shape index (κ1) is 25.4. The van der Waals surface area contributed by atoms with Gasteiger partial charge in [-0.2, -0.15) is 5.26 Å². The molecular formula is C26H32N4O3S. The van der Waals surface area contributed by atoms with Crippen LogP contribution in [0.4, 0.5) is 11.4 Å². The predicted octanol–water partition coefficient (Wildman–Crippen LogP) is 4.04. The Labute approximate surface area is 205 Å². The fourth-order valence-electron chi connectivity index (χ4n) is 3.99. The van der Waals surface area contributed by atoms with Crippen LogP contribution in [0.25, 0.3) is 0 Å². The molecule has 1 fully saturated rings. The molecule has 1 aliphatic heterocycles.